The highest BCUT2D eigenvalue weighted by atomic mass is 16.4. The van der Waals surface area contributed by atoms with E-state index in [9.17, 15) is 4.79 Å². The second kappa shape index (κ2) is 6.16. The Kier molecular flexibility index (Phi) is 4.83. The van der Waals surface area contributed by atoms with Gasteiger partial charge in [-0.05, 0) is 30.0 Å². The summed E-state index contributed by atoms with van der Waals surface area (Å²) >= 11 is 0. The van der Waals surface area contributed by atoms with E-state index in [1.807, 2.05) is 12.1 Å². The highest BCUT2D eigenvalue weighted by Gasteiger charge is 1.99. The molecule has 0 spiro atoms. The maximum Gasteiger partial charge on any atom is 0.303 e. The van der Waals surface area contributed by atoms with Gasteiger partial charge in [0, 0.05) is 18.7 Å². The van der Waals surface area contributed by atoms with Crippen molar-refractivity contribution in [1.82, 2.24) is 0 Å². The van der Waals surface area contributed by atoms with Crippen molar-refractivity contribution in [2.75, 3.05) is 11.9 Å². The molecule has 3 nitrogen and oxygen atoms in total. The fraction of sp³-hybridized carbons (Fsp3) is 0.462. The van der Waals surface area contributed by atoms with Crippen LogP contribution in [-0.2, 0) is 4.79 Å². The highest BCUT2D eigenvalue weighted by Crippen LogP contribution is 2.16. The maximum absolute atomic E-state index is 10.3. The zero-order valence-corrected chi connectivity index (χ0v) is 9.86. The van der Waals surface area contributed by atoms with Crippen molar-refractivity contribution in [1.29, 1.82) is 0 Å². The van der Waals surface area contributed by atoms with Gasteiger partial charge in [-0.15, -0.1) is 0 Å². The molecule has 1 rings (SSSR count). The summed E-state index contributed by atoms with van der Waals surface area (Å²) < 4.78 is 0. The van der Waals surface area contributed by atoms with Gasteiger partial charge in [-0.3, -0.25) is 4.79 Å². The molecule has 3 heteroatoms. The van der Waals surface area contributed by atoms with E-state index in [-0.39, 0.29) is 6.42 Å². The van der Waals surface area contributed by atoms with Crippen molar-refractivity contribution >= 4 is 11.7 Å². The molecule has 0 radical (unpaired) electrons. The molecule has 0 aliphatic heterocycles. The summed E-state index contributed by atoms with van der Waals surface area (Å²) in [7, 11) is 0. The van der Waals surface area contributed by atoms with E-state index in [0.717, 1.165) is 5.69 Å². The highest BCUT2D eigenvalue weighted by molar-refractivity contribution is 5.66. The van der Waals surface area contributed by atoms with E-state index >= 15 is 0 Å². The molecule has 1 aromatic carbocycles. The Morgan fingerprint density at radius 1 is 1.31 bits per heavy atom. The van der Waals surface area contributed by atoms with Crippen LogP contribution >= 0.6 is 0 Å². The van der Waals surface area contributed by atoms with Crippen LogP contribution in [0.2, 0.25) is 0 Å². The molecule has 0 aliphatic rings. The van der Waals surface area contributed by atoms with Gasteiger partial charge in [0.25, 0.3) is 0 Å². The topological polar surface area (TPSA) is 49.3 Å². The van der Waals surface area contributed by atoms with Crippen LogP contribution in [0.1, 0.15) is 38.2 Å². The number of carboxylic acid groups (broad SMARTS) is 1. The fourth-order valence-corrected chi connectivity index (χ4v) is 1.46. The number of hydrogen-bond acceptors (Lipinski definition) is 2. The summed E-state index contributed by atoms with van der Waals surface area (Å²) in [4.78, 5) is 10.3. The molecule has 88 valence electrons. The first-order valence-corrected chi connectivity index (χ1v) is 5.65. The number of carbonyl (C=O) groups is 1. The Labute approximate surface area is 96.5 Å². The lowest BCUT2D eigenvalue weighted by Crippen LogP contribution is -2.04. The van der Waals surface area contributed by atoms with Crippen LogP contribution in [0.4, 0.5) is 5.69 Å². The average molecular weight is 221 g/mol. The van der Waals surface area contributed by atoms with E-state index < -0.39 is 5.97 Å². The van der Waals surface area contributed by atoms with Crippen LogP contribution in [0.15, 0.2) is 24.3 Å². The first-order valence-electron chi connectivity index (χ1n) is 5.65. The predicted molar refractivity (Wildman–Crippen MR) is 65.9 cm³/mol. The molecule has 16 heavy (non-hydrogen) atoms. The van der Waals surface area contributed by atoms with Crippen LogP contribution in [0.5, 0.6) is 0 Å². The van der Waals surface area contributed by atoms with Gasteiger partial charge in [0.15, 0.2) is 0 Å². The van der Waals surface area contributed by atoms with Crippen molar-refractivity contribution in [3.8, 4) is 0 Å². The molecule has 0 bridgehead atoms. The van der Waals surface area contributed by atoms with E-state index in [1.165, 1.54) is 5.56 Å². The summed E-state index contributed by atoms with van der Waals surface area (Å²) in [5.74, 6) is -0.196. The molecular weight excluding hydrogens is 202 g/mol. The van der Waals surface area contributed by atoms with Gasteiger partial charge < -0.3 is 10.4 Å². The van der Waals surface area contributed by atoms with Gasteiger partial charge in [0.1, 0.15) is 0 Å². The van der Waals surface area contributed by atoms with Crippen molar-refractivity contribution in [3.63, 3.8) is 0 Å². The molecule has 1 aromatic rings. The molecule has 0 fully saturated rings. The van der Waals surface area contributed by atoms with Gasteiger partial charge in [0.2, 0.25) is 0 Å². The van der Waals surface area contributed by atoms with Crippen LogP contribution < -0.4 is 5.32 Å². The van der Waals surface area contributed by atoms with Gasteiger partial charge in [-0.1, -0.05) is 26.0 Å². The third kappa shape index (κ3) is 4.34. The Morgan fingerprint density at radius 3 is 2.44 bits per heavy atom. The summed E-state index contributed by atoms with van der Waals surface area (Å²) in [5.41, 5.74) is 2.37. The molecule has 0 saturated carbocycles. The minimum absolute atomic E-state index is 0.219. The Balaban J connectivity index is 2.35. The molecular formula is C13H19NO2. The Morgan fingerprint density at radius 2 is 1.94 bits per heavy atom. The standard InChI is InChI=1S/C13H19NO2/c1-10(2)11-5-7-12(8-6-11)14-9-3-4-13(15)16/h5-8,10,14H,3-4,9H2,1-2H3,(H,15,16). The predicted octanol–water partition coefficient (Wildman–Crippen LogP) is 3.09. The number of hydrogen-bond donors (Lipinski definition) is 2. The maximum atomic E-state index is 10.3. The van der Waals surface area contributed by atoms with Crippen LogP contribution in [0, 0.1) is 0 Å². The number of anilines is 1. The molecule has 0 amide bonds. The number of benzene rings is 1. The lowest BCUT2D eigenvalue weighted by atomic mass is 10.0. The lowest BCUT2D eigenvalue weighted by molar-refractivity contribution is -0.137. The largest absolute Gasteiger partial charge is 0.481 e. The van der Waals surface area contributed by atoms with Crippen LogP contribution in [0.3, 0.4) is 0 Å². The number of aliphatic carboxylic acids is 1. The average Bonchev–Trinajstić information content (AvgIpc) is 2.25. The quantitative estimate of drug-likeness (QED) is 0.726. The summed E-state index contributed by atoms with van der Waals surface area (Å²) in [6.07, 6.45) is 0.873. The molecule has 0 aromatic heterocycles. The minimum Gasteiger partial charge on any atom is -0.481 e. The molecule has 0 aliphatic carbocycles. The summed E-state index contributed by atoms with van der Waals surface area (Å²) in [6, 6.07) is 8.28. The first kappa shape index (κ1) is 12.6. The van der Waals surface area contributed by atoms with Crippen molar-refractivity contribution < 1.29 is 9.90 Å². The van der Waals surface area contributed by atoms with E-state index in [4.69, 9.17) is 5.11 Å². The van der Waals surface area contributed by atoms with E-state index in [2.05, 4.69) is 31.3 Å². The summed E-state index contributed by atoms with van der Waals surface area (Å²) in [5, 5.41) is 11.7. The lowest BCUT2D eigenvalue weighted by Gasteiger charge is -2.08. The third-order valence-corrected chi connectivity index (χ3v) is 2.47. The Bertz CT molecular complexity index is 330. The van der Waals surface area contributed by atoms with Crippen molar-refractivity contribution in [2.45, 2.75) is 32.6 Å². The van der Waals surface area contributed by atoms with Crippen LogP contribution in [-0.4, -0.2) is 17.6 Å². The molecule has 2 N–H and O–H groups in total. The zero-order chi connectivity index (χ0) is 12.0. The van der Waals surface area contributed by atoms with Crippen molar-refractivity contribution in [3.05, 3.63) is 29.8 Å². The normalized spacial score (nSPS) is 10.4. The molecule has 0 unspecified atom stereocenters. The fourth-order valence-electron chi connectivity index (χ4n) is 1.46. The molecule has 0 atom stereocenters. The SMILES string of the molecule is CC(C)c1ccc(NCCCC(=O)O)cc1. The second-order valence-corrected chi connectivity index (χ2v) is 4.20. The number of rotatable bonds is 6. The first-order chi connectivity index (χ1) is 7.59. The van der Waals surface area contributed by atoms with Crippen LogP contribution in [0.25, 0.3) is 0 Å². The van der Waals surface area contributed by atoms with Gasteiger partial charge >= 0.3 is 5.97 Å². The van der Waals surface area contributed by atoms with Gasteiger partial charge in [-0.2, -0.15) is 0 Å². The smallest absolute Gasteiger partial charge is 0.303 e. The molecule has 0 saturated heterocycles. The number of nitrogens with one attached hydrogen (secondary N) is 1. The van der Waals surface area contributed by atoms with E-state index in [1.54, 1.807) is 0 Å². The minimum atomic E-state index is -0.739. The third-order valence-electron chi connectivity index (χ3n) is 2.47. The van der Waals surface area contributed by atoms with E-state index in [0.29, 0.717) is 18.9 Å². The Hall–Kier alpha value is -1.51. The zero-order valence-electron chi connectivity index (χ0n) is 9.86. The van der Waals surface area contributed by atoms with Gasteiger partial charge in [0.05, 0.1) is 0 Å². The number of carboxylic acids is 1. The summed E-state index contributed by atoms with van der Waals surface area (Å²) in [6.45, 7) is 5.03. The van der Waals surface area contributed by atoms with Crippen molar-refractivity contribution in [2.24, 2.45) is 0 Å². The second-order valence-electron chi connectivity index (χ2n) is 4.20. The van der Waals surface area contributed by atoms with Gasteiger partial charge in [-0.25, -0.2) is 0 Å². The molecule has 0 heterocycles. The monoisotopic (exact) mass is 221 g/mol.